The van der Waals surface area contributed by atoms with E-state index in [0.717, 1.165) is 0 Å². The van der Waals surface area contributed by atoms with Gasteiger partial charge in [0.1, 0.15) is 13.2 Å². The number of rotatable bonds is 3. The molecule has 3 heterocycles. The summed E-state index contributed by atoms with van der Waals surface area (Å²) in [5.41, 5.74) is 0.742. The fraction of sp³-hybridized carbons (Fsp3) is 0.353. The fourth-order valence-corrected chi connectivity index (χ4v) is 2.92. The molecule has 0 unspecified atom stereocenters. The van der Waals surface area contributed by atoms with Crippen LogP contribution < -0.4 is 9.47 Å². The van der Waals surface area contributed by atoms with Crippen LogP contribution in [0.25, 0.3) is 11.3 Å². The molecule has 1 N–H and O–H groups in total. The molecule has 1 fully saturated rings. The molecule has 9 heteroatoms. The summed E-state index contributed by atoms with van der Waals surface area (Å²) in [6.45, 7) is 1.33. The lowest BCUT2D eigenvalue weighted by molar-refractivity contribution is -0.154. The minimum atomic E-state index is -1.10. The Balaban J connectivity index is 1.60. The molecule has 2 aliphatic rings. The molecular weight excluding hydrogens is 344 g/mol. The highest BCUT2D eigenvalue weighted by molar-refractivity contribution is 5.98. The number of nitrogens with zero attached hydrogens (tertiary/aromatic N) is 2. The molecule has 0 saturated carbocycles. The van der Waals surface area contributed by atoms with Crippen LogP contribution in [0.2, 0.25) is 0 Å². The maximum atomic E-state index is 12.8. The van der Waals surface area contributed by atoms with E-state index in [0.29, 0.717) is 36.0 Å². The number of carbonyl (C=O) groups excluding carboxylic acids is 1. The second-order valence-corrected chi connectivity index (χ2v) is 5.84. The van der Waals surface area contributed by atoms with Gasteiger partial charge in [-0.2, -0.15) is 0 Å². The van der Waals surface area contributed by atoms with Gasteiger partial charge >= 0.3 is 5.97 Å². The highest BCUT2D eigenvalue weighted by Gasteiger charge is 2.32. The van der Waals surface area contributed by atoms with Crippen LogP contribution in [0.15, 0.2) is 29.0 Å². The standard InChI is InChI=1S/C17H16N2O7/c20-16(19-3-4-23-13(8-19)17(21)22)14-15(26-9-18-14)10-1-2-11-12(7-10)25-6-5-24-11/h1-2,7,9,13H,3-6,8H2,(H,21,22)/t13-/m0/s1. The first kappa shape index (κ1) is 16.4. The summed E-state index contributed by atoms with van der Waals surface area (Å²) < 4.78 is 21.6. The summed E-state index contributed by atoms with van der Waals surface area (Å²) in [7, 11) is 0. The monoisotopic (exact) mass is 360 g/mol. The molecule has 1 amide bonds. The topological polar surface area (TPSA) is 111 Å². The Bertz CT molecular complexity index is 847. The third-order valence-electron chi connectivity index (χ3n) is 4.20. The van der Waals surface area contributed by atoms with Crippen molar-refractivity contribution in [3.63, 3.8) is 0 Å². The van der Waals surface area contributed by atoms with Gasteiger partial charge in [0.2, 0.25) is 0 Å². The van der Waals surface area contributed by atoms with Crippen molar-refractivity contribution in [3.05, 3.63) is 30.3 Å². The van der Waals surface area contributed by atoms with Gasteiger partial charge in [-0.05, 0) is 18.2 Å². The maximum absolute atomic E-state index is 12.8. The number of carboxylic acid groups (broad SMARTS) is 1. The van der Waals surface area contributed by atoms with Gasteiger partial charge in [0.05, 0.1) is 13.2 Å². The van der Waals surface area contributed by atoms with E-state index in [1.807, 2.05) is 0 Å². The van der Waals surface area contributed by atoms with Crippen molar-refractivity contribution in [2.24, 2.45) is 0 Å². The van der Waals surface area contributed by atoms with Crippen LogP contribution in [0.3, 0.4) is 0 Å². The van der Waals surface area contributed by atoms with E-state index in [9.17, 15) is 9.59 Å². The lowest BCUT2D eigenvalue weighted by Gasteiger charge is -2.30. The first-order chi connectivity index (χ1) is 12.6. The summed E-state index contributed by atoms with van der Waals surface area (Å²) in [4.78, 5) is 29.4. The Morgan fingerprint density at radius 1 is 1.15 bits per heavy atom. The molecule has 26 heavy (non-hydrogen) atoms. The Morgan fingerprint density at radius 3 is 2.77 bits per heavy atom. The second-order valence-electron chi connectivity index (χ2n) is 5.84. The van der Waals surface area contributed by atoms with Crippen LogP contribution in [-0.4, -0.2) is 65.9 Å². The number of hydrogen-bond acceptors (Lipinski definition) is 7. The quantitative estimate of drug-likeness (QED) is 0.864. The van der Waals surface area contributed by atoms with Gasteiger partial charge in [-0.1, -0.05) is 0 Å². The number of ether oxygens (including phenoxy) is 3. The largest absolute Gasteiger partial charge is 0.486 e. The Labute approximate surface area is 148 Å². The van der Waals surface area contributed by atoms with Gasteiger partial charge in [-0.3, -0.25) is 4.79 Å². The zero-order valence-corrected chi connectivity index (χ0v) is 13.7. The van der Waals surface area contributed by atoms with E-state index >= 15 is 0 Å². The van der Waals surface area contributed by atoms with Crippen LogP contribution >= 0.6 is 0 Å². The van der Waals surface area contributed by atoms with E-state index in [4.69, 9.17) is 23.7 Å². The molecule has 0 spiro atoms. The zero-order valence-electron chi connectivity index (χ0n) is 13.7. The normalized spacial score (nSPS) is 19.2. The van der Waals surface area contributed by atoms with E-state index < -0.39 is 18.0 Å². The predicted molar refractivity (Wildman–Crippen MR) is 86.2 cm³/mol. The molecule has 2 aromatic rings. The number of morpholine rings is 1. The van der Waals surface area contributed by atoms with Crippen LogP contribution in [0.1, 0.15) is 10.5 Å². The lowest BCUT2D eigenvalue weighted by Crippen LogP contribution is -2.48. The number of aliphatic carboxylic acids is 1. The summed E-state index contributed by atoms with van der Waals surface area (Å²) in [5.74, 6) is -0.0102. The molecule has 136 valence electrons. The minimum absolute atomic E-state index is 0.0401. The molecule has 0 radical (unpaired) electrons. The number of fused-ring (bicyclic) bond motifs is 1. The number of oxazole rings is 1. The Kier molecular flexibility index (Phi) is 4.21. The van der Waals surface area contributed by atoms with Crippen molar-refractivity contribution in [3.8, 4) is 22.8 Å². The number of hydrogen-bond donors (Lipinski definition) is 1. The predicted octanol–water partition coefficient (Wildman–Crippen LogP) is 1.04. The Morgan fingerprint density at radius 2 is 1.96 bits per heavy atom. The second kappa shape index (κ2) is 6.68. The van der Waals surface area contributed by atoms with Crippen LogP contribution in [0.4, 0.5) is 0 Å². The van der Waals surface area contributed by atoms with Gasteiger partial charge in [-0.25, -0.2) is 9.78 Å². The van der Waals surface area contributed by atoms with Crippen molar-refractivity contribution in [2.45, 2.75) is 6.10 Å². The van der Waals surface area contributed by atoms with Gasteiger partial charge in [0, 0.05) is 12.1 Å². The number of benzene rings is 1. The Hall–Kier alpha value is -3.07. The molecule has 1 aromatic heterocycles. The summed E-state index contributed by atoms with van der Waals surface area (Å²) in [6.07, 6.45) is 0.145. The van der Waals surface area contributed by atoms with Crippen LogP contribution in [-0.2, 0) is 9.53 Å². The van der Waals surface area contributed by atoms with Gasteiger partial charge in [0.25, 0.3) is 5.91 Å². The van der Waals surface area contributed by atoms with E-state index in [1.165, 1.54) is 11.3 Å². The zero-order chi connectivity index (χ0) is 18.1. The fourth-order valence-electron chi connectivity index (χ4n) is 2.92. The third kappa shape index (κ3) is 2.97. The minimum Gasteiger partial charge on any atom is -0.486 e. The maximum Gasteiger partial charge on any atom is 0.334 e. The molecule has 0 aliphatic carbocycles. The van der Waals surface area contributed by atoms with E-state index in [1.54, 1.807) is 18.2 Å². The highest BCUT2D eigenvalue weighted by Crippen LogP contribution is 2.35. The molecule has 1 atom stereocenters. The van der Waals surface area contributed by atoms with Crippen molar-refractivity contribution in [1.82, 2.24) is 9.88 Å². The van der Waals surface area contributed by atoms with E-state index in [2.05, 4.69) is 4.98 Å². The first-order valence-corrected chi connectivity index (χ1v) is 8.10. The van der Waals surface area contributed by atoms with Crippen molar-refractivity contribution < 1.29 is 33.3 Å². The lowest BCUT2D eigenvalue weighted by atomic mass is 10.1. The van der Waals surface area contributed by atoms with Gasteiger partial charge in [0.15, 0.2) is 35.5 Å². The highest BCUT2D eigenvalue weighted by atomic mass is 16.6. The van der Waals surface area contributed by atoms with Gasteiger partial charge in [-0.15, -0.1) is 0 Å². The van der Waals surface area contributed by atoms with E-state index in [-0.39, 0.29) is 25.4 Å². The van der Waals surface area contributed by atoms with Gasteiger partial charge < -0.3 is 28.6 Å². The van der Waals surface area contributed by atoms with Crippen LogP contribution in [0, 0.1) is 0 Å². The SMILES string of the molecule is O=C(O)[C@@H]1CN(C(=O)c2ncoc2-c2ccc3c(c2)OCCO3)CCO1. The molecule has 1 saturated heterocycles. The number of carboxylic acids is 1. The number of carbonyl (C=O) groups is 2. The van der Waals surface area contributed by atoms with Crippen molar-refractivity contribution in [1.29, 1.82) is 0 Å². The molecule has 0 bridgehead atoms. The summed E-state index contributed by atoms with van der Waals surface area (Å²) in [6, 6.07) is 5.23. The van der Waals surface area contributed by atoms with Crippen LogP contribution in [0.5, 0.6) is 11.5 Å². The number of amides is 1. The van der Waals surface area contributed by atoms with Crippen molar-refractivity contribution >= 4 is 11.9 Å². The smallest absolute Gasteiger partial charge is 0.334 e. The third-order valence-corrected chi connectivity index (χ3v) is 4.20. The van der Waals surface area contributed by atoms with Crippen molar-refractivity contribution in [2.75, 3.05) is 32.9 Å². The average molecular weight is 360 g/mol. The molecule has 2 aliphatic heterocycles. The molecular formula is C17H16N2O7. The molecule has 9 nitrogen and oxygen atoms in total. The number of aromatic nitrogens is 1. The average Bonchev–Trinajstić information content (AvgIpc) is 3.17. The molecule has 1 aromatic carbocycles. The molecule has 4 rings (SSSR count). The first-order valence-electron chi connectivity index (χ1n) is 8.10. The summed E-state index contributed by atoms with van der Waals surface area (Å²) in [5, 5.41) is 9.09. The summed E-state index contributed by atoms with van der Waals surface area (Å²) >= 11 is 0.